The van der Waals surface area contributed by atoms with Crippen LogP contribution in [-0.2, 0) is 11.3 Å². The zero-order chi connectivity index (χ0) is 21.8. The van der Waals surface area contributed by atoms with Gasteiger partial charge in [-0.05, 0) is 37.5 Å². The Balaban J connectivity index is 0.00000480. The summed E-state index contributed by atoms with van der Waals surface area (Å²) in [6.45, 7) is 5.73. The Bertz CT molecular complexity index is 696. The number of nitrogens with zero attached hydrogens (tertiary/aromatic N) is 2. The van der Waals surface area contributed by atoms with E-state index in [1.807, 2.05) is 25.1 Å². The van der Waals surface area contributed by atoms with E-state index in [2.05, 4.69) is 20.9 Å². The van der Waals surface area contributed by atoms with Crippen LogP contribution < -0.4 is 25.4 Å². The highest BCUT2D eigenvalue weighted by atomic mass is 127. The number of aliphatic imine (C=N–C) groups is 1. The molecule has 4 N–H and O–H groups in total. The van der Waals surface area contributed by atoms with Gasteiger partial charge in [0.05, 0.1) is 26.8 Å². The number of piperidine rings is 1. The number of benzene rings is 1. The van der Waals surface area contributed by atoms with Crippen LogP contribution in [0.15, 0.2) is 23.2 Å². The average Bonchev–Trinajstić information content (AvgIpc) is 2.77. The lowest BCUT2D eigenvalue weighted by molar-refractivity contribution is -0.122. The van der Waals surface area contributed by atoms with Crippen LogP contribution in [0.1, 0.15) is 25.3 Å². The van der Waals surface area contributed by atoms with Crippen molar-refractivity contribution < 1.29 is 19.4 Å². The lowest BCUT2D eigenvalue weighted by Crippen LogP contribution is -2.50. The van der Waals surface area contributed by atoms with E-state index in [1.165, 1.54) is 0 Å². The summed E-state index contributed by atoms with van der Waals surface area (Å²) < 4.78 is 10.9. The van der Waals surface area contributed by atoms with Crippen molar-refractivity contribution in [3.8, 4) is 11.5 Å². The molecule has 1 aliphatic rings. The number of carbonyl (C=O) groups excluding carboxylic acids is 1. The van der Waals surface area contributed by atoms with Gasteiger partial charge in [-0.1, -0.05) is 6.07 Å². The predicted molar refractivity (Wildman–Crippen MR) is 132 cm³/mol. The summed E-state index contributed by atoms with van der Waals surface area (Å²) in [7, 11) is 3.26. The van der Waals surface area contributed by atoms with E-state index >= 15 is 0 Å². The largest absolute Gasteiger partial charge is 0.493 e. The first kappa shape index (κ1) is 27.2. The van der Waals surface area contributed by atoms with E-state index in [9.17, 15) is 4.79 Å². The molecular weight excluding hydrogens is 513 g/mol. The van der Waals surface area contributed by atoms with Gasteiger partial charge < -0.3 is 30.5 Å². The number of carbonyl (C=O) groups is 1. The SMILES string of the molecule is CCNC(=NCc1ccc(OCCO)c(OC)c1)NC1CCN(CC(=O)NC)CC1.I. The van der Waals surface area contributed by atoms with Crippen molar-refractivity contribution in [2.75, 3.05) is 53.6 Å². The summed E-state index contributed by atoms with van der Waals surface area (Å²) >= 11 is 0. The lowest BCUT2D eigenvalue weighted by atomic mass is 10.1. The molecule has 1 amide bonds. The van der Waals surface area contributed by atoms with E-state index in [0.717, 1.165) is 44.0 Å². The van der Waals surface area contributed by atoms with Gasteiger partial charge in [-0.15, -0.1) is 24.0 Å². The molecule has 176 valence electrons. The second-order valence-corrected chi connectivity index (χ2v) is 7.12. The third kappa shape index (κ3) is 9.48. The van der Waals surface area contributed by atoms with Crippen molar-refractivity contribution in [1.82, 2.24) is 20.9 Å². The third-order valence-electron chi connectivity index (χ3n) is 4.92. The van der Waals surface area contributed by atoms with Gasteiger partial charge in [0, 0.05) is 32.7 Å². The average molecular weight is 549 g/mol. The monoisotopic (exact) mass is 549 g/mol. The molecule has 0 bridgehead atoms. The number of guanidine groups is 1. The minimum Gasteiger partial charge on any atom is -0.493 e. The quantitative estimate of drug-likeness (QED) is 0.196. The van der Waals surface area contributed by atoms with Crippen LogP contribution in [0, 0.1) is 0 Å². The first-order valence-corrected chi connectivity index (χ1v) is 10.5. The number of hydrogen-bond acceptors (Lipinski definition) is 6. The minimum atomic E-state index is -0.0440. The highest BCUT2D eigenvalue weighted by molar-refractivity contribution is 14.0. The van der Waals surface area contributed by atoms with E-state index in [0.29, 0.717) is 30.6 Å². The van der Waals surface area contributed by atoms with Crippen LogP contribution >= 0.6 is 24.0 Å². The van der Waals surface area contributed by atoms with Gasteiger partial charge >= 0.3 is 0 Å². The molecule has 31 heavy (non-hydrogen) atoms. The maximum absolute atomic E-state index is 11.5. The number of amides is 1. The molecule has 0 atom stereocenters. The highest BCUT2D eigenvalue weighted by Gasteiger charge is 2.21. The lowest BCUT2D eigenvalue weighted by Gasteiger charge is -2.32. The van der Waals surface area contributed by atoms with Crippen molar-refractivity contribution in [3.05, 3.63) is 23.8 Å². The smallest absolute Gasteiger partial charge is 0.233 e. The molecule has 0 unspecified atom stereocenters. The topological polar surface area (TPSA) is 107 Å². The summed E-state index contributed by atoms with van der Waals surface area (Å²) in [5.74, 6) is 2.06. The molecule has 9 nitrogen and oxygen atoms in total. The van der Waals surface area contributed by atoms with Crippen LogP contribution in [-0.4, -0.2) is 81.5 Å². The van der Waals surface area contributed by atoms with E-state index in [4.69, 9.17) is 19.6 Å². The number of rotatable bonds is 10. The molecular formula is C21H36IN5O4. The number of hydrogen-bond donors (Lipinski definition) is 4. The van der Waals surface area contributed by atoms with E-state index in [-0.39, 0.29) is 43.1 Å². The predicted octanol–water partition coefficient (Wildman–Crippen LogP) is 0.950. The molecule has 0 radical (unpaired) electrons. The molecule has 0 saturated carbocycles. The first-order valence-electron chi connectivity index (χ1n) is 10.5. The van der Waals surface area contributed by atoms with Crippen LogP contribution in [0.25, 0.3) is 0 Å². The fourth-order valence-corrected chi connectivity index (χ4v) is 3.29. The fourth-order valence-electron chi connectivity index (χ4n) is 3.29. The summed E-state index contributed by atoms with van der Waals surface area (Å²) in [4.78, 5) is 18.4. The molecule has 0 spiro atoms. The standard InChI is InChI=1S/C21H35N5O4.HI/c1-4-23-21(25-17-7-9-26(10-8-17)15-20(28)22-2)24-14-16-5-6-18(30-12-11-27)19(13-16)29-3;/h5-6,13,17,27H,4,7-12,14-15H2,1-3H3,(H,22,28)(H2,23,24,25);1H. The molecule has 1 heterocycles. The fraction of sp³-hybridized carbons (Fsp3) is 0.619. The van der Waals surface area contributed by atoms with Gasteiger partial charge in [0.2, 0.25) is 5.91 Å². The van der Waals surface area contributed by atoms with E-state index in [1.54, 1.807) is 14.2 Å². The van der Waals surface area contributed by atoms with Gasteiger partial charge in [-0.2, -0.15) is 0 Å². The van der Waals surface area contributed by atoms with Crippen molar-refractivity contribution in [1.29, 1.82) is 0 Å². The van der Waals surface area contributed by atoms with Gasteiger partial charge in [-0.3, -0.25) is 9.69 Å². The molecule has 1 aliphatic heterocycles. The Morgan fingerprint density at radius 2 is 2.03 bits per heavy atom. The summed E-state index contributed by atoms with van der Waals surface area (Å²) in [6, 6.07) is 6.01. The zero-order valence-electron chi connectivity index (χ0n) is 18.6. The van der Waals surface area contributed by atoms with E-state index < -0.39 is 0 Å². The molecule has 1 fully saturated rings. The Morgan fingerprint density at radius 3 is 2.65 bits per heavy atom. The molecule has 10 heteroatoms. The number of halogens is 1. The zero-order valence-corrected chi connectivity index (χ0v) is 21.0. The number of likely N-dealkylation sites (tertiary alicyclic amines) is 1. The summed E-state index contributed by atoms with van der Waals surface area (Å²) in [5, 5.41) is 18.4. The number of likely N-dealkylation sites (N-methyl/N-ethyl adjacent to an activating group) is 1. The molecule has 1 aromatic rings. The second kappa shape index (κ2) is 15.1. The number of aliphatic hydroxyl groups is 1. The van der Waals surface area contributed by atoms with Crippen LogP contribution in [0.2, 0.25) is 0 Å². The van der Waals surface area contributed by atoms with Gasteiger partial charge in [0.1, 0.15) is 6.61 Å². The van der Waals surface area contributed by atoms with Crippen molar-refractivity contribution in [3.63, 3.8) is 0 Å². The maximum Gasteiger partial charge on any atom is 0.233 e. The van der Waals surface area contributed by atoms with Crippen molar-refractivity contribution in [2.45, 2.75) is 32.4 Å². The second-order valence-electron chi connectivity index (χ2n) is 7.12. The normalized spacial score (nSPS) is 15.0. The molecule has 1 saturated heterocycles. The highest BCUT2D eigenvalue weighted by Crippen LogP contribution is 2.28. The van der Waals surface area contributed by atoms with Crippen LogP contribution in [0.5, 0.6) is 11.5 Å². The number of methoxy groups -OCH3 is 1. The molecule has 0 aliphatic carbocycles. The maximum atomic E-state index is 11.5. The Labute approximate surface area is 202 Å². The Morgan fingerprint density at radius 1 is 1.29 bits per heavy atom. The van der Waals surface area contributed by atoms with Gasteiger partial charge in [-0.25, -0.2) is 4.99 Å². The van der Waals surface area contributed by atoms with Crippen molar-refractivity contribution >= 4 is 35.8 Å². The Hall–Kier alpha value is -1.79. The number of nitrogens with one attached hydrogen (secondary N) is 3. The summed E-state index contributed by atoms with van der Waals surface area (Å²) in [6.07, 6.45) is 1.93. The molecule has 2 rings (SSSR count). The van der Waals surface area contributed by atoms with Crippen LogP contribution in [0.4, 0.5) is 0 Å². The third-order valence-corrected chi connectivity index (χ3v) is 4.92. The molecule has 0 aromatic heterocycles. The molecule has 1 aromatic carbocycles. The number of ether oxygens (including phenoxy) is 2. The Kier molecular flexibility index (Phi) is 13.3. The minimum absolute atomic E-state index is 0. The van der Waals surface area contributed by atoms with Crippen molar-refractivity contribution in [2.24, 2.45) is 4.99 Å². The summed E-state index contributed by atoms with van der Waals surface area (Å²) in [5.41, 5.74) is 1.00. The first-order chi connectivity index (χ1) is 14.6. The van der Waals surface area contributed by atoms with Gasteiger partial charge in [0.15, 0.2) is 17.5 Å². The van der Waals surface area contributed by atoms with Gasteiger partial charge in [0.25, 0.3) is 0 Å². The van der Waals surface area contributed by atoms with Crippen LogP contribution in [0.3, 0.4) is 0 Å². The number of aliphatic hydroxyl groups excluding tert-OH is 1.